The van der Waals surface area contributed by atoms with Gasteiger partial charge in [-0.25, -0.2) is 9.97 Å². The van der Waals surface area contributed by atoms with Gasteiger partial charge in [0.2, 0.25) is 17.8 Å². The van der Waals surface area contributed by atoms with Gasteiger partial charge in [-0.3, -0.25) is 14.4 Å². The van der Waals surface area contributed by atoms with Gasteiger partial charge in [-0.15, -0.1) is 0 Å². The molecule has 0 spiro atoms. The summed E-state index contributed by atoms with van der Waals surface area (Å²) in [7, 11) is 0. The van der Waals surface area contributed by atoms with Crippen LogP contribution in [0.5, 0.6) is 0 Å². The van der Waals surface area contributed by atoms with Crippen molar-refractivity contribution in [3.8, 4) is 0 Å². The summed E-state index contributed by atoms with van der Waals surface area (Å²) in [4.78, 5) is 55.6. The molecule has 234 valence electrons. The number of rotatable bonds is 13. The van der Waals surface area contributed by atoms with Gasteiger partial charge >= 0.3 is 0 Å². The van der Waals surface area contributed by atoms with Crippen molar-refractivity contribution in [3.05, 3.63) is 114 Å². The number of aromatic nitrogens is 4. The van der Waals surface area contributed by atoms with Crippen LogP contribution in [0.15, 0.2) is 91.1 Å². The second-order valence-corrected chi connectivity index (χ2v) is 10.5. The van der Waals surface area contributed by atoms with Gasteiger partial charge < -0.3 is 32.7 Å². The van der Waals surface area contributed by atoms with Crippen LogP contribution >= 0.6 is 0 Å². The van der Waals surface area contributed by atoms with Gasteiger partial charge in [-0.05, 0) is 41.8 Å². The number of hydrogen-bond donors (Lipinski definition) is 6. The van der Waals surface area contributed by atoms with E-state index in [4.69, 9.17) is 11.5 Å². The maximum atomic E-state index is 13.2. The maximum Gasteiger partial charge on any atom is 0.251 e. The molecule has 0 aliphatic rings. The predicted octanol–water partition coefficient (Wildman–Crippen LogP) is 2.71. The number of nitrogens with zero attached hydrogens (tertiary/aromatic N) is 4. The molecule has 1 unspecified atom stereocenters. The Morgan fingerprint density at radius 2 is 1.39 bits per heavy atom. The topological polar surface area (TPSA) is 203 Å². The average Bonchev–Trinajstić information content (AvgIpc) is 3.08. The van der Waals surface area contributed by atoms with Crippen LogP contribution in [0.2, 0.25) is 0 Å². The zero-order chi connectivity index (χ0) is 32.3. The fraction of sp³-hybridized carbons (Fsp3) is 0.182. The van der Waals surface area contributed by atoms with Crippen molar-refractivity contribution in [1.82, 2.24) is 35.9 Å². The molecule has 0 saturated heterocycles. The second-order valence-electron chi connectivity index (χ2n) is 10.5. The van der Waals surface area contributed by atoms with Crippen LogP contribution in [0.3, 0.4) is 0 Å². The van der Waals surface area contributed by atoms with E-state index in [1.807, 2.05) is 60.7 Å². The van der Waals surface area contributed by atoms with E-state index in [1.54, 1.807) is 30.5 Å². The molecule has 3 amide bonds. The minimum atomic E-state index is -0.922. The quantitative estimate of drug-likeness (QED) is 0.114. The first-order chi connectivity index (χ1) is 22.3. The normalized spacial score (nSPS) is 11.4. The minimum absolute atomic E-state index is 0.0257. The lowest BCUT2D eigenvalue weighted by molar-refractivity contribution is -0.124. The molecule has 8 N–H and O–H groups in total. The Morgan fingerprint density at radius 3 is 2.07 bits per heavy atom. The standard InChI is InChI=1S/C33H34N10O3/c34-29-28-30(43-33(35)42-29)38-20-25(40-28)19-36-24-13-11-23(12-14-24)31(45)41-26(32(46)39-18-22-9-5-2-6-10-22)15-16-27(44)37-17-21-7-3-1-4-8-21/h1-14,20,26,36H,15-19H2,(H,37,44)(H,39,46)(H,41,45)(H4,34,35,38,42,43). The highest BCUT2D eigenvalue weighted by molar-refractivity contribution is 5.98. The van der Waals surface area contributed by atoms with Crippen LogP contribution < -0.4 is 32.7 Å². The van der Waals surface area contributed by atoms with E-state index in [0.717, 1.165) is 16.8 Å². The van der Waals surface area contributed by atoms with Gasteiger partial charge in [0.15, 0.2) is 17.0 Å². The number of nitrogens with two attached hydrogens (primary N) is 2. The molecule has 0 aliphatic carbocycles. The number of nitrogen functional groups attached to an aromatic ring is 2. The molecule has 13 heteroatoms. The van der Waals surface area contributed by atoms with E-state index in [0.29, 0.717) is 42.1 Å². The van der Waals surface area contributed by atoms with E-state index < -0.39 is 11.9 Å². The van der Waals surface area contributed by atoms with Gasteiger partial charge in [0.25, 0.3) is 5.91 Å². The lowest BCUT2D eigenvalue weighted by Gasteiger charge is -2.19. The highest BCUT2D eigenvalue weighted by Gasteiger charge is 2.22. The first-order valence-corrected chi connectivity index (χ1v) is 14.7. The summed E-state index contributed by atoms with van der Waals surface area (Å²) in [6, 6.07) is 24.8. The molecule has 2 aromatic heterocycles. The third kappa shape index (κ3) is 8.72. The molecule has 1 atom stereocenters. The fourth-order valence-electron chi connectivity index (χ4n) is 4.58. The van der Waals surface area contributed by atoms with Crippen molar-refractivity contribution in [2.75, 3.05) is 16.8 Å². The summed E-state index contributed by atoms with van der Waals surface area (Å²) in [6.07, 6.45) is 1.75. The summed E-state index contributed by atoms with van der Waals surface area (Å²) in [5.41, 5.74) is 15.8. The first-order valence-electron chi connectivity index (χ1n) is 14.7. The molecule has 46 heavy (non-hydrogen) atoms. The van der Waals surface area contributed by atoms with E-state index in [1.165, 1.54) is 0 Å². The van der Waals surface area contributed by atoms with Crippen molar-refractivity contribution in [1.29, 1.82) is 0 Å². The predicted molar refractivity (Wildman–Crippen MR) is 175 cm³/mol. The number of nitrogens with one attached hydrogen (secondary N) is 4. The van der Waals surface area contributed by atoms with Crippen LogP contribution in [0, 0.1) is 0 Å². The Morgan fingerprint density at radius 1 is 0.739 bits per heavy atom. The number of fused-ring (bicyclic) bond motifs is 1. The van der Waals surface area contributed by atoms with Crippen LogP contribution in [0.25, 0.3) is 11.2 Å². The lowest BCUT2D eigenvalue weighted by atomic mass is 10.1. The Balaban J connectivity index is 1.18. The molecule has 13 nitrogen and oxygen atoms in total. The van der Waals surface area contributed by atoms with Gasteiger partial charge in [0.1, 0.15) is 6.04 Å². The SMILES string of the molecule is Nc1nc(N)c2nc(CNc3ccc(C(=O)NC(CCC(=O)NCc4ccccc4)C(=O)NCc4ccccc4)cc3)cnc2n1. The molecular formula is C33H34N10O3. The summed E-state index contributed by atoms with van der Waals surface area (Å²) in [5.74, 6) is -0.863. The number of carbonyl (C=O) groups is 3. The van der Waals surface area contributed by atoms with Crippen molar-refractivity contribution in [2.24, 2.45) is 0 Å². The van der Waals surface area contributed by atoms with Gasteiger partial charge in [0.05, 0.1) is 18.4 Å². The van der Waals surface area contributed by atoms with Gasteiger partial charge in [-0.1, -0.05) is 60.7 Å². The number of benzene rings is 3. The number of anilines is 3. The molecule has 0 saturated carbocycles. The molecule has 3 aromatic carbocycles. The number of amides is 3. The van der Waals surface area contributed by atoms with E-state index >= 15 is 0 Å². The summed E-state index contributed by atoms with van der Waals surface area (Å²) in [6.45, 7) is 0.999. The highest BCUT2D eigenvalue weighted by atomic mass is 16.2. The van der Waals surface area contributed by atoms with Gasteiger partial charge in [0, 0.05) is 30.8 Å². The zero-order valence-corrected chi connectivity index (χ0v) is 24.9. The largest absolute Gasteiger partial charge is 0.382 e. The van der Waals surface area contributed by atoms with E-state index in [2.05, 4.69) is 41.2 Å². The van der Waals surface area contributed by atoms with Crippen LogP contribution in [-0.4, -0.2) is 43.7 Å². The van der Waals surface area contributed by atoms with Gasteiger partial charge in [-0.2, -0.15) is 9.97 Å². The molecule has 0 bridgehead atoms. The monoisotopic (exact) mass is 618 g/mol. The van der Waals surface area contributed by atoms with Crippen molar-refractivity contribution >= 4 is 46.3 Å². The Labute approximate surface area is 265 Å². The van der Waals surface area contributed by atoms with Crippen LogP contribution in [-0.2, 0) is 29.2 Å². The fourth-order valence-corrected chi connectivity index (χ4v) is 4.58. The number of hydrogen-bond acceptors (Lipinski definition) is 10. The molecule has 2 heterocycles. The molecule has 5 aromatic rings. The third-order valence-electron chi connectivity index (χ3n) is 7.05. The van der Waals surface area contributed by atoms with E-state index in [-0.39, 0.29) is 36.4 Å². The highest BCUT2D eigenvalue weighted by Crippen LogP contribution is 2.16. The van der Waals surface area contributed by atoms with Crippen LogP contribution in [0.1, 0.15) is 40.0 Å². The summed E-state index contributed by atoms with van der Waals surface area (Å²) < 4.78 is 0. The molecule has 0 fully saturated rings. The molecule has 0 radical (unpaired) electrons. The van der Waals surface area contributed by atoms with Crippen molar-refractivity contribution in [2.45, 2.75) is 38.5 Å². The second kappa shape index (κ2) is 15.1. The molecule has 5 rings (SSSR count). The third-order valence-corrected chi connectivity index (χ3v) is 7.05. The minimum Gasteiger partial charge on any atom is -0.382 e. The maximum absolute atomic E-state index is 13.2. The lowest BCUT2D eigenvalue weighted by Crippen LogP contribution is -2.47. The van der Waals surface area contributed by atoms with Crippen molar-refractivity contribution in [3.63, 3.8) is 0 Å². The molecular weight excluding hydrogens is 584 g/mol. The Bertz CT molecular complexity index is 1800. The zero-order valence-electron chi connectivity index (χ0n) is 24.9. The molecule has 0 aliphatic heterocycles. The van der Waals surface area contributed by atoms with Crippen LogP contribution in [0.4, 0.5) is 17.5 Å². The Hall–Kier alpha value is -6.11. The number of carbonyl (C=O) groups excluding carboxylic acids is 3. The summed E-state index contributed by atoms with van der Waals surface area (Å²) >= 11 is 0. The average molecular weight is 619 g/mol. The Kier molecular flexibility index (Phi) is 10.3. The van der Waals surface area contributed by atoms with Crippen molar-refractivity contribution < 1.29 is 14.4 Å². The first kappa shape index (κ1) is 31.3. The van der Waals surface area contributed by atoms with E-state index in [9.17, 15) is 14.4 Å². The smallest absolute Gasteiger partial charge is 0.251 e. The summed E-state index contributed by atoms with van der Waals surface area (Å²) in [5, 5.41) is 11.8.